The number of rotatable bonds is 8. The van der Waals surface area contributed by atoms with Crippen molar-refractivity contribution in [3.05, 3.63) is 236 Å². The van der Waals surface area contributed by atoms with Crippen LogP contribution in [-0.4, -0.2) is 15.0 Å². The Hall–Kier alpha value is -9.04. The summed E-state index contributed by atoms with van der Waals surface area (Å²) in [4.78, 5) is 15.3. The molecule has 0 amide bonds. The summed E-state index contributed by atoms with van der Waals surface area (Å²) in [5, 5.41) is 12.8. The Labute approximate surface area is 383 Å². The molecule has 1 aliphatic rings. The van der Waals surface area contributed by atoms with E-state index in [1.165, 1.54) is 38.6 Å². The Bertz CT molecular complexity index is 3700. The predicted octanol–water partition coefficient (Wildman–Crippen LogP) is 15.9. The van der Waals surface area contributed by atoms with Gasteiger partial charge in [-0.3, -0.25) is 0 Å². The fourth-order valence-corrected chi connectivity index (χ4v) is 9.51. The molecule has 0 unspecified atom stereocenters. The van der Waals surface area contributed by atoms with Crippen molar-refractivity contribution in [1.29, 1.82) is 5.26 Å². The quantitative estimate of drug-likeness (QED) is 0.153. The molecule has 1 aliphatic carbocycles. The first-order chi connectivity index (χ1) is 32.6. The van der Waals surface area contributed by atoms with E-state index in [1.807, 2.05) is 60.7 Å². The van der Waals surface area contributed by atoms with Crippen LogP contribution in [-0.2, 0) is 0 Å². The summed E-state index contributed by atoms with van der Waals surface area (Å²) in [6.07, 6.45) is 0. The van der Waals surface area contributed by atoms with E-state index in [2.05, 4.69) is 176 Å². The minimum atomic E-state index is 0.564. The van der Waals surface area contributed by atoms with Crippen molar-refractivity contribution in [3.63, 3.8) is 0 Å². The average Bonchev–Trinajstić information content (AvgIpc) is 3.73. The summed E-state index contributed by atoms with van der Waals surface area (Å²) >= 11 is 0. The first kappa shape index (κ1) is 38.6. The Balaban J connectivity index is 0.947. The van der Waals surface area contributed by atoms with Gasteiger partial charge in [-0.1, -0.05) is 194 Å². The molecule has 4 nitrogen and oxygen atoms in total. The highest BCUT2D eigenvalue weighted by Crippen LogP contribution is 2.49. The summed E-state index contributed by atoms with van der Waals surface area (Å²) in [7, 11) is 0. The molecule has 66 heavy (non-hydrogen) atoms. The van der Waals surface area contributed by atoms with Gasteiger partial charge in [0.25, 0.3) is 0 Å². The minimum Gasteiger partial charge on any atom is -0.208 e. The van der Waals surface area contributed by atoms with Crippen molar-refractivity contribution >= 4 is 10.8 Å². The van der Waals surface area contributed by atoms with Crippen LogP contribution < -0.4 is 0 Å². The number of hydrogen-bond acceptors (Lipinski definition) is 4. The van der Waals surface area contributed by atoms with Crippen molar-refractivity contribution in [1.82, 2.24) is 15.0 Å². The normalized spacial score (nSPS) is 11.3. The third-order valence-corrected chi connectivity index (χ3v) is 12.7. The molecule has 0 radical (unpaired) electrons. The highest BCUT2D eigenvalue weighted by Gasteiger charge is 2.22. The molecule has 0 saturated heterocycles. The van der Waals surface area contributed by atoms with Gasteiger partial charge in [-0.15, -0.1) is 0 Å². The molecular formula is C62H38N4. The molecule has 1 aromatic heterocycles. The Morgan fingerprint density at radius 1 is 0.258 bits per heavy atom. The number of benzene rings is 10. The van der Waals surface area contributed by atoms with Gasteiger partial charge < -0.3 is 0 Å². The van der Waals surface area contributed by atoms with Crippen molar-refractivity contribution in [2.75, 3.05) is 0 Å². The number of nitriles is 1. The first-order valence-corrected chi connectivity index (χ1v) is 22.1. The van der Waals surface area contributed by atoms with Gasteiger partial charge in [0.05, 0.1) is 11.6 Å². The molecule has 4 heteroatoms. The van der Waals surface area contributed by atoms with Crippen LogP contribution in [0.5, 0.6) is 0 Å². The molecule has 0 aliphatic heterocycles. The van der Waals surface area contributed by atoms with Gasteiger partial charge in [0.15, 0.2) is 17.5 Å². The highest BCUT2D eigenvalue weighted by molar-refractivity contribution is 6.16. The molecule has 11 aromatic rings. The number of fused-ring (bicyclic) bond motifs is 3. The van der Waals surface area contributed by atoms with Crippen molar-refractivity contribution < 1.29 is 0 Å². The lowest BCUT2D eigenvalue weighted by atomic mass is 9.89. The van der Waals surface area contributed by atoms with Crippen LogP contribution in [0.1, 0.15) is 5.56 Å². The Kier molecular flexibility index (Phi) is 9.51. The van der Waals surface area contributed by atoms with Crippen LogP contribution in [0.3, 0.4) is 0 Å². The van der Waals surface area contributed by atoms with Crippen LogP contribution in [0.15, 0.2) is 231 Å². The lowest BCUT2D eigenvalue weighted by molar-refractivity contribution is 1.07. The topological polar surface area (TPSA) is 62.5 Å². The second-order valence-corrected chi connectivity index (χ2v) is 16.7. The Morgan fingerprint density at radius 2 is 0.712 bits per heavy atom. The molecular weight excluding hydrogens is 801 g/mol. The van der Waals surface area contributed by atoms with Crippen LogP contribution in [0.25, 0.3) is 123 Å². The molecule has 10 aromatic carbocycles. The maximum Gasteiger partial charge on any atom is 0.164 e. The highest BCUT2D eigenvalue weighted by atomic mass is 15.0. The third-order valence-electron chi connectivity index (χ3n) is 12.7. The lowest BCUT2D eigenvalue weighted by Crippen LogP contribution is -2.01. The number of aromatic nitrogens is 3. The SMILES string of the molecule is N#Cc1ccc(-c2ccccc2-c2nc(-c3ccccc3)nc(-c3ccc(-c4ccccc4)cc3)n2)c(-c2cccc(-c3cccc(-c4cc5c6c(cccc6c4)-c4ccccc4-5)c3)c2)c1. The van der Waals surface area contributed by atoms with E-state index in [0.29, 0.717) is 23.0 Å². The number of nitrogens with zero attached hydrogens (tertiary/aromatic N) is 4. The van der Waals surface area contributed by atoms with Crippen LogP contribution in [0, 0.1) is 11.3 Å². The zero-order valence-corrected chi connectivity index (χ0v) is 35.7. The van der Waals surface area contributed by atoms with Crippen molar-refractivity contribution in [2.45, 2.75) is 0 Å². The molecule has 306 valence electrons. The van der Waals surface area contributed by atoms with Gasteiger partial charge in [-0.2, -0.15) is 5.26 Å². The molecule has 0 saturated carbocycles. The monoisotopic (exact) mass is 838 g/mol. The van der Waals surface area contributed by atoms with E-state index in [9.17, 15) is 5.26 Å². The van der Waals surface area contributed by atoms with Gasteiger partial charge in [0.2, 0.25) is 0 Å². The van der Waals surface area contributed by atoms with Crippen molar-refractivity contribution in [3.8, 4) is 118 Å². The summed E-state index contributed by atoms with van der Waals surface area (Å²) in [6.45, 7) is 0. The smallest absolute Gasteiger partial charge is 0.164 e. The Morgan fingerprint density at radius 3 is 1.39 bits per heavy atom. The minimum absolute atomic E-state index is 0.564. The molecule has 1 heterocycles. The zero-order valence-electron chi connectivity index (χ0n) is 35.7. The second kappa shape index (κ2) is 16.3. The van der Waals surface area contributed by atoms with Gasteiger partial charge in [-0.25, -0.2) is 15.0 Å². The first-order valence-electron chi connectivity index (χ1n) is 22.1. The standard InChI is InChI=1S/C62H38N4/c63-39-40-28-33-54(52-24-9-10-26-56(52)62-65-60(43-16-5-2-6-17-43)64-61(66-62)44-31-29-42(30-32-44)41-14-3-1-4-15-41)57(34-40)48-21-12-19-46(36-48)45-18-11-20-47(35-45)50-37-49-22-13-27-55-51-23-7-8-25-53(51)58(38-50)59(49)55/h1-38H. The third kappa shape index (κ3) is 6.93. The van der Waals surface area contributed by atoms with E-state index >= 15 is 0 Å². The van der Waals surface area contributed by atoms with Crippen LogP contribution in [0.4, 0.5) is 0 Å². The second-order valence-electron chi connectivity index (χ2n) is 16.7. The van der Waals surface area contributed by atoms with E-state index in [1.54, 1.807) is 0 Å². The van der Waals surface area contributed by atoms with Crippen LogP contribution in [0.2, 0.25) is 0 Å². The molecule has 0 N–H and O–H groups in total. The summed E-state index contributed by atoms with van der Waals surface area (Å²) in [5.41, 5.74) is 19.1. The largest absolute Gasteiger partial charge is 0.208 e. The maximum atomic E-state index is 10.2. The van der Waals surface area contributed by atoms with Gasteiger partial charge in [0, 0.05) is 16.7 Å². The van der Waals surface area contributed by atoms with Gasteiger partial charge in [0.1, 0.15) is 0 Å². The molecule has 12 rings (SSSR count). The zero-order chi connectivity index (χ0) is 44.0. The summed E-state index contributed by atoms with van der Waals surface area (Å²) in [6, 6.07) is 82.9. The van der Waals surface area contributed by atoms with Gasteiger partial charge >= 0.3 is 0 Å². The lowest BCUT2D eigenvalue weighted by Gasteiger charge is -2.16. The summed E-state index contributed by atoms with van der Waals surface area (Å²) in [5.74, 6) is 1.74. The van der Waals surface area contributed by atoms with E-state index in [4.69, 9.17) is 15.0 Å². The van der Waals surface area contributed by atoms with Crippen LogP contribution >= 0.6 is 0 Å². The van der Waals surface area contributed by atoms with E-state index < -0.39 is 0 Å². The fourth-order valence-electron chi connectivity index (χ4n) is 9.51. The van der Waals surface area contributed by atoms with E-state index in [-0.39, 0.29) is 0 Å². The molecule has 0 bridgehead atoms. The number of hydrogen-bond donors (Lipinski definition) is 0. The average molecular weight is 839 g/mol. The van der Waals surface area contributed by atoms with Gasteiger partial charge in [-0.05, 0) is 125 Å². The molecule has 0 fully saturated rings. The molecule has 0 spiro atoms. The molecule has 0 atom stereocenters. The maximum absolute atomic E-state index is 10.2. The predicted molar refractivity (Wildman–Crippen MR) is 270 cm³/mol. The van der Waals surface area contributed by atoms with E-state index in [0.717, 1.165) is 66.8 Å². The van der Waals surface area contributed by atoms with Crippen molar-refractivity contribution in [2.24, 2.45) is 0 Å². The summed E-state index contributed by atoms with van der Waals surface area (Å²) < 4.78 is 0. The fraction of sp³-hybridized carbons (Fsp3) is 0.